The van der Waals surface area contributed by atoms with Gasteiger partial charge in [-0.25, -0.2) is 0 Å². The Labute approximate surface area is 210 Å². The van der Waals surface area contributed by atoms with Crippen molar-refractivity contribution in [3.8, 4) is 0 Å². The van der Waals surface area contributed by atoms with E-state index in [1.807, 2.05) is 13.8 Å². The molecule has 0 aromatic rings. The molecule has 3 aliphatic heterocycles. The first-order valence-electron chi connectivity index (χ1n) is 14.3. The van der Waals surface area contributed by atoms with Gasteiger partial charge in [0.25, 0.3) is 0 Å². The van der Waals surface area contributed by atoms with E-state index in [-0.39, 0.29) is 41.1 Å². The van der Waals surface area contributed by atoms with Crippen LogP contribution in [-0.4, -0.2) is 58.4 Å². The van der Waals surface area contributed by atoms with Crippen molar-refractivity contribution >= 4 is 5.97 Å². The van der Waals surface area contributed by atoms with Crippen molar-refractivity contribution in [1.82, 2.24) is 0 Å². The minimum Gasteiger partial charge on any atom is -0.462 e. The van der Waals surface area contributed by atoms with E-state index in [2.05, 4.69) is 13.8 Å². The molecule has 0 bridgehead atoms. The van der Waals surface area contributed by atoms with Gasteiger partial charge in [0.1, 0.15) is 35.1 Å². The van der Waals surface area contributed by atoms with Crippen LogP contribution in [-0.2, 0) is 23.7 Å². The van der Waals surface area contributed by atoms with Crippen LogP contribution in [0.3, 0.4) is 0 Å². The van der Waals surface area contributed by atoms with Crippen molar-refractivity contribution in [3.63, 3.8) is 0 Å². The molecule has 10 atom stereocenters. The van der Waals surface area contributed by atoms with Crippen molar-refractivity contribution in [2.75, 3.05) is 6.61 Å². The number of rotatable bonds is 7. The van der Waals surface area contributed by atoms with Crippen LogP contribution in [0.25, 0.3) is 0 Å². The molecule has 35 heavy (non-hydrogen) atoms. The SMILES string of the molecule is CC(=O)O[C@H]1CC[C@]2(CO2)C2(C1)OC2C1OC12CCC[C@]1(C)[C@@H]([C@H](C)CCCC(C)(C)O)CC[C@@H]21. The average Bonchev–Trinajstić information content (AvgIpc) is 3.67. The summed E-state index contributed by atoms with van der Waals surface area (Å²) < 4.78 is 25.0. The smallest absolute Gasteiger partial charge is 0.302 e. The fourth-order valence-corrected chi connectivity index (χ4v) is 9.41. The van der Waals surface area contributed by atoms with Crippen LogP contribution in [0.1, 0.15) is 105 Å². The normalized spacial score (nSPS) is 50.9. The molecule has 0 aromatic heterocycles. The van der Waals surface area contributed by atoms with Gasteiger partial charge in [-0.1, -0.05) is 26.7 Å². The van der Waals surface area contributed by atoms with Crippen molar-refractivity contribution < 1.29 is 28.8 Å². The lowest BCUT2D eigenvalue weighted by atomic mass is 9.57. The van der Waals surface area contributed by atoms with Crippen molar-refractivity contribution in [1.29, 1.82) is 0 Å². The molecular formula is C29H46O6. The number of carbonyl (C=O) groups excluding carboxylic acids is 1. The minimum atomic E-state index is -0.567. The van der Waals surface area contributed by atoms with Crippen LogP contribution in [0.5, 0.6) is 0 Å². The summed E-state index contributed by atoms with van der Waals surface area (Å²) in [6, 6.07) is 0. The molecule has 3 saturated carbocycles. The summed E-state index contributed by atoms with van der Waals surface area (Å²) in [6.07, 6.45) is 12.1. The van der Waals surface area contributed by atoms with Gasteiger partial charge in [-0.15, -0.1) is 0 Å². The minimum absolute atomic E-state index is 0.0345. The summed E-state index contributed by atoms with van der Waals surface area (Å²) in [6.45, 7) is 11.1. The quantitative estimate of drug-likeness (QED) is 0.402. The Kier molecular flexibility index (Phi) is 5.57. The van der Waals surface area contributed by atoms with Gasteiger partial charge in [0, 0.05) is 13.3 Å². The third kappa shape index (κ3) is 3.83. The molecule has 0 amide bonds. The molecule has 0 aromatic carbocycles. The average molecular weight is 491 g/mol. The first-order valence-corrected chi connectivity index (χ1v) is 14.3. The summed E-state index contributed by atoms with van der Waals surface area (Å²) in [5, 5.41) is 10.1. The third-order valence-electron chi connectivity index (χ3n) is 11.2. The highest BCUT2D eigenvalue weighted by Gasteiger charge is 2.85. The molecule has 3 heterocycles. The largest absolute Gasteiger partial charge is 0.462 e. The topological polar surface area (TPSA) is 84.1 Å². The van der Waals surface area contributed by atoms with Gasteiger partial charge in [0.2, 0.25) is 0 Å². The molecule has 6 nitrogen and oxygen atoms in total. The molecule has 6 heteroatoms. The van der Waals surface area contributed by atoms with Gasteiger partial charge in [0.15, 0.2) is 0 Å². The van der Waals surface area contributed by atoms with Gasteiger partial charge >= 0.3 is 5.97 Å². The van der Waals surface area contributed by atoms with E-state index in [1.165, 1.54) is 39.0 Å². The number of fused-ring (bicyclic) bond motifs is 3. The molecule has 198 valence electrons. The van der Waals surface area contributed by atoms with Crippen LogP contribution in [0.4, 0.5) is 0 Å². The summed E-state index contributed by atoms with van der Waals surface area (Å²) in [5.74, 6) is 1.80. The number of ether oxygens (including phenoxy) is 4. The summed E-state index contributed by atoms with van der Waals surface area (Å²) in [4.78, 5) is 11.6. The Morgan fingerprint density at radius 2 is 1.91 bits per heavy atom. The summed E-state index contributed by atoms with van der Waals surface area (Å²) in [7, 11) is 0. The predicted octanol–water partition coefficient (Wildman–Crippen LogP) is 4.94. The fraction of sp³-hybridized carbons (Fsp3) is 0.966. The molecule has 6 rings (SSSR count). The first kappa shape index (κ1) is 24.6. The highest BCUT2D eigenvalue weighted by Crippen LogP contribution is 2.72. The Morgan fingerprint density at radius 1 is 1.14 bits per heavy atom. The summed E-state index contributed by atoms with van der Waals surface area (Å²) >= 11 is 0. The Morgan fingerprint density at radius 3 is 2.60 bits per heavy atom. The van der Waals surface area contributed by atoms with E-state index in [0.717, 1.165) is 51.0 Å². The second kappa shape index (κ2) is 7.91. The maximum Gasteiger partial charge on any atom is 0.302 e. The Balaban J connectivity index is 1.14. The number of hydrogen-bond acceptors (Lipinski definition) is 6. The van der Waals surface area contributed by atoms with Crippen molar-refractivity contribution in [2.45, 2.75) is 146 Å². The molecule has 4 unspecified atom stereocenters. The zero-order chi connectivity index (χ0) is 24.9. The lowest BCUT2D eigenvalue weighted by molar-refractivity contribution is -0.150. The number of aliphatic hydroxyl groups is 1. The lowest BCUT2D eigenvalue weighted by Crippen LogP contribution is -2.48. The van der Waals surface area contributed by atoms with Crippen molar-refractivity contribution in [2.24, 2.45) is 23.2 Å². The first-order chi connectivity index (χ1) is 16.4. The van der Waals surface area contributed by atoms with Gasteiger partial charge in [-0.05, 0) is 88.4 Å². The molecular weight excluding hydrogens is 444 g/mol. The van der Waals surface area contributed by atoms with E-state index >= 15 is 0 Å². The second-order valence-corrected chi connectivity index (χ2v) is 14.0. The molecule has 6 aliphatic rings. The summed E-state index contributed by atoms with van der Waals surface area (Å²) in [5.41, 5.74) is -0.776. The molecule has 3 spiro atoms. The Hall–Kier alpha value is -0.690. The van der Waals surface area contributed by atoms with Gasteiger partial charge in [0.05, 0.1) is 12.2 Å². The molecule has 1 N–H and O–H groups in total. The third-order valence-corrected chi connectivity index (χ3v) is 11.2. The van der Waals surface area contributed by atoms with Gasteiger partial charge in [-0.2, -0.15) is 0 Å². The number of carbonyl (C=O) groups is 1. The monoisotopic (exact) mass is 490 g/mol. The van der Waals surface area contributed by atoms with Crippen LogP contribution in [0.2, 0.25) is 0 Å². The van der Waals surface area contributed by atoms with Crippen LogP contribution in [0.15, 0.2) is 0 Å². The molecule has 6 fully saturated rings. The maximum absolute atomic E-state index is 11.6. The zero-order valence-electron chi connectivity index (χ0n) is 22.4. The maximum atomic E-state index is 11.6. The van der Waals surface area contributed by atoms with Gasteiger partial charge in [-0.3, -0.25) is 4.79 Å². The van der Waals surface area contributed by atoms with Crippen LogP contribution < -0.4 is 0 Å². The van der Waals surface area contributed by atoms with E-state index < -0.39 is 5.60 Å². The number of epoxide rings is 3. The fourth-order valence-electron chi connectivity index (χ4n) is 9.41. The van der Waals surface area contributed by atoms with Crippen molar-refractivity contribution in [3.05, 3.63) is 0 Å². The van der Waals surface area contributed by atoms with Gasteiger partial charge < -0.3 is 24.1 Å². The van der Waals surface area contributed by atoms with Crippen LogP contribution >= 0.6 is 0 Å². The highest BCUT2D eigenvalue weighted by molar-refractivity contribution is 5.66. The zero-order valence-corrected chi connectivity index (χ0v) is 22.4. The van der Waals surface area contributed by atoms with E-state index in [0.29, 0.717) is 17.3 Å². The standard InChI is InChI=1S/C29H46O6/c1-18(8-6-12-25(3,4)31)21-9-10-22-26(21,5)13-7-14-28(22)23(34-28)24-29(35-24)16-20(33-19(2)30)11-15-27(29)17-32-27/h18,20-24,31H,6-17H2,1-5H3/t18-,20+,21-,22-,23?,24?,26-,27+,28?,29?/m1/s1. The van der Waals surface area contributed by atoms with E-state index in [4.69, 9.17) is 18.9 Å². The highest BCUT2D eigenvalue weighted by atomic mass is 16.7. The van der Waals surface area contributed by atoms with Crippen LogP contribution in [0, 0.1) is 23.2 Å². The number of hydrogen-bond donors (Lipinski definition) is 1. The van der Waals surface area contributed by atoms with E-state index in [9.17, 15) is 9.90 Å². The molecule has 0 radical (unpaired) electrons. The predicted molar refractivity (Wildman–Crippen MR) is 131 cm³/mol. The lowest BCUT2D eigenvalue weighted by Gasteiger charge is -2.46. The molecule has 3 saturated heterocycles. The molecule has 3 aliphatic carbocycles. The Bertz CT molecular complexity index is 862. The second-order valence-electron chi connectivity index (χ2n) is 14.0. The van der Waals surface area contributed by atoms with E-state index in [1.54, 1.807) is 0 Å². The number of esters is 1.